The van der Waals surface area contributed by atoms with Crippen LogP contribution < -0.4 is 0 Å². The largest absolute Gasteiger partial charge is 0.382 e. The third-order valence-corrected chi connectivity index (χ3v) is 3.56. The van der Waals surface area contributed by atoms with Crippen LogP contribution in [0.4, 0.5) is 0 Å². The van der Waals surface area contributed by atoms with Crippen LogP contribution in [0.2, 0.25) is 0 Å². The van der Waals surface area contributed by atoms with Gasteiger partial charge in [-0.1, -0.05) is 0 Å². The molecule has 0 heterocycles. The van der Waals surface area contributed by atoms with Gasteiger partial charge in [0.1, 0.15) is 0 Å². The van der Waals surface area contributed by atoms with E-state index in [2.05, 4.69) is 6.92 Å². The van der Waals surface area contributed by atoms with Gasteiger partial charge in [-0.15, -0.1) is 6.42 Å². The summed E-state index contributed by atoms with van der Waals surface area (Å²) in [6.07, 6.45) is 0.215. The molecule has 0 spiro atoms. The Morgan fingerprint density at radius 2 is 0.931 bits per heavy atom. The Bertz CT molecular complexity index is 339. The van der Waals surface area contributed by atoms with Gasteiger partial charge in [-0.05, 0) is 0 Å². The number of hydrogen-bond acceptors (Lipinski definition) is 8. The summed E-state index contributed by atoms with van der Waals surface area (Å²) in [4.78, 5) is 13.6. The van der Waals surface area contributed by atoms with Crippen LogP contribution in [0.5, 0.6) is 0 Å². The van der Waals surface area contributed by atoms with Gasteiger partial charge >= 0.3 is 0 Å². The molecular weight excluding hydrogens is 607 g/mol. The number of amides is 1. The molecule has 173 valence electrons. The first-order chi connectivity index (χ1) is 13.8. The molecule has 0 aromatic heterocycles. The summed E-state index contributed by atoms with van der Waals surface area (Å²) in [5.74, 6) is -0.0204. The zero-order chi connectivity index (χ0) is 20.7. The zero-order valence-corrected chi connectivity index (χ0v) is 21.7. The van der Waals surface area contributed by atoms with Crippen molar-refractivity contribution in [3.05, 3.63) is 6.92 Å². The Hall–Kier alpha value is 0.203. The third kappa shape index (κ3) is 22.7. The molecule has 1 radical (unpaired) electrons. The predicted molar refractivity (Wildman–Crippen MR) is 104 cm³/mol. The molecule has 0 aromatic carbocycles. The fourth-order valence-electron chi connectivity index (χ4n) is 2.02. The number of hydrogen-bond donors (Lipinski definition) is 0. The van der Waals surface area contributed by atoms with E-state index in [4.69, 9.17) is 33.2 Å². The smallest absolute Gasteiger partial charge is 0.192 e. The topological polar surface area (TPSA) is 84.9 Å². The number of ether oxygens (including phenoxy) is 7. The van der Waals surface area contributed by atoms with Crippen molar-refractivity contribution in [2.75, 3.05) is 107 Å². The first kappa shape index (κ1) is 31.4. The van der Waals surface area contributed by atoms with Crippen LogP contribution in [0.1, 0.15) is 6.42 Å². The van der Waals surface area contributed by atoms with Crippen LogP contribution in [0, 0.1) is 36.9 Å². The fraction of sp³-hybridized carbons (Fsp3) is 0.895. The van der Waals surface area contributed by atoms with E-state index in [0.717, 1.165) is 0 Å². The van der Waals surface area contributed by atoms with Crippen molar-refractivity contribution in [3.63, 3.8) is 0 Å². The molecule has 0 N–H and O–H groups in total. The number of carbonyl (C=O) groups excluding carboxylic acids is 1. The summed E-state index contributed by atoms with van der Waals surface area (Å²) in [6.45, 7) is 10.8. The second kappa shape index (κ2) is 26.2. The molecule has 0 rings (SSSR count). The predicted octanol–water partition coefficient (Wildman–Crippen LogP) is 0.415. The molecule has 0 saturated heterocycles. The van der Waals surface area contributed by atoms with Crippen molar-refractivity contribution >= 4 is 5.91 Å². The second-order valence-electron chi connectivity index (χ2n) is 5.68. The molecule has 0 unspecified atom stereocenters. The Kier molecular flexibility index (Phi) is 28.4. The van der Waals surface area contributed by atoms with E-state index < -0.39 is 0 Å². The van der Waals surface area contributed by atoms with Crippen LogP contribution >= 0.6 is 0 Å². The maximum Gasteiger partial charge on any atom is 0.192 e. The molecule has 0 aliphatic carbocycles. The second-order valence-corrected chi connectivity index (χ2v) is 5.68. The molecule has 10 heteroatoms. The van der Waals surface area contributed by atoms with Crippen molar-refractivity contribution in [2.24, 2.45) is 0 Å². The summed E-state index contributed by atoms with van der Waals surface area (Å²) in [7, 11) is 3.27. The van der Waals surface area contributed by atoms with Gasteiger partial charge in [0.2, 0.25) is 0 Å². The minimum absolute atomic E-state index is 0. The van der Waals surface area contributed by atoms with Gasteiger partial charge in [0.25, 0.3) is 0 Å². The van der Waals surface area contributed by atoms with Crippen LogP contribution in [0.25, 0.3) is 0 Å². The Labute approximate surface area is 198 Å². The maximum atomic E-state index is 11.9. The third-order valence-electron chi connectivity index (χ3n) is 3.56. The first-order valence-electron chi connectivity index (χ1n) is 9.69. The molecule has 0 aliphatic heterocycles. The van der Waals surface area contributed by atoms with Crippen molar-refractivity contribution < 1.29 is 67.9 Å². The van der Waals surface area contributed by atoms with E-state index >= 15 is 0 Å². The van der Waals surface area contributed by atoms with Crippen LogP contribution in [-0.4, -0.2) is 117 Å². The van der Waals surface area contributed by atoms with Crippen molar-refractivity contribution in [2.45, 2.75) is 6.42 Å². The molecule has 29 heavy (non-hydrogen) atoms. The van der Waals surface area contributed by atoms with Crippen LogP contribution in [-0.2, 0) is 38.0 Å². The van der Waals surface area contributed by atoms with E-state index in [1.54, 1.807) is 19.1 Å². The minimum atomic E-state index is -0.0204. The van der Waals surface area contributed by atoms with E-state index in [1.165, 1.54) is 0 Å². The molecule has 0 saturated carbocycles. The zero-order valence-electron chi connectivity index (χ0n) is 18.0. The number of carbonyl (C=O) groups is 1. The molecular formula is C19H38NNpO8-. The fourth-order valence-corrected chi connectivity index (χ4v) is 2.02. The Morgan fingerprint density at radius 3 is 1.24 bits per heavy atom. The molecule has 1 amide bonds. The molecule has 0 fully saturated rings. The van der Waals surface area contributed by atoms with E-state index in [-0.39, 0.29) is 42.3 Å². The SMILES string of the molecule is [CH2-]CC(=O)N(CCOCCOCCOC)CCOCCOCCOCCOC.[Np]. The Morgan fingerprint density at radius 1 is 0.621 bits per heavy atom. The summed E-state index contributed by atoms with van der Waals surface area (Å²) in [6, 6.07) is 0. The summed E-state index contributed by atoms with van der Waals surface area (Å²) in [5.41, 5.74) is 0. The maximum absolute atomic E-state index is 11.9. The Balaban J connectivity index is 0. The monoisotopic (exact) mass is 644 g/mol. The minimum Gasteiger partial charge on any atom is -0.382 e. The van der Waals surface area contributed by atoms with Gasteiger partial charge < -0.3 is 45.0 Å². The van der Waals surface area contributed by atoms with Crippen LogP contribution in [0.3, 0.4) is 0 Å². The first-order valence-corrected chi connectivity index (χ1v) is 9.69. The molecule has 9 nitrogen and oxygen atoms in total. The van der Waals surface area contributed by atoms with Gasteiger partial charge in [0.05, 0.1) is 79.3 Å². The van der Waals surface area contributed by atoms with Crippen LogP contribution in [0.15, 0.2) is 0 Å². The molecule has 0 bridgehead atoms. The van der Waals surface area contributed by atoms with Gasteiger partial charge in [0, 0.05) is 57.3 Å². The van der Waals surface area contributed by atoms with E-state index in [0.29, 0.717) is 92.4 Å². The quantitative estimate of drug-likeness (QED) is 0.124. The standard InChI is InChI=1S/C19H38NO8.Np/c1-4-19(21)20(5-7-24-13-15-26-11-9-22-2)6-8-25-14-16-28-18-17-27-12-10-23-3;/h1,4-18H2,2-3H3;/q-1;. The van der Waals surface area contributed by atoms with Gasteiger partial charge in [0.15, 0.2) is 5.91 Å². The molecule has 0 atom stereocenters. The van der Waals surface area contributed by atoms with Gasteiger partial charge in [-0.3, -0.25) is 4.79 Å². The summed E-state index contributed by atoms with van der Waals surface area (Å²) < 4.78 is 36.8. The normalized spacial score (nSPS) is 10.7. The van der Waals surface area contributed by atoms with Crippen molar-refractivity contribution in [3.8, 4) is 0 Å². The number of methoxy groups -OCH3 is 2. The van der Waals surface area contributed by atoms with Crippen molar-refractivity contribution in [1.29, 1.82) is 0 Å². The van der Waals surface area contributed by atoms with Crippen molar-refractivity contribution in [1.82, 2.24) is 4.90 Å². The average Bonchev–Trinajstić information content (AvgIpc) is 2.71. The molecule has 0 aliphatic rings. The average molecular weight is 646 g/mol. The van der Waals surface area contributed by atoms with Gasteiger partial charge in [-0.2, -0.15) is 0 Å². The van der Waals surface area contributed by atoms with E-state index in [9.17, 15) is 4.79 Å². The summed E-state index contributed by atoms with van der Waals surface area (Å²) >= 11 is 0. The number of rotatable bonds is 22. The van der Waals surface area contributed by atoms with Gasteiger partial charge in [-0.25, -0.2) is 0 Å². The molecule has 0 aromatic rings. The number of nitrogens with zero attached hydrogens (tertiary/aromatic N) is 1. The summed E-state index contributed by atoms with van der Waals surface area (Å²) in [5, 5.41) is 0. The van der Waals surface area contributed by atoms with E-state index in [1.807, 2.05) is 0 Å².